The molecule has 0 radical (unpaired) electrons. The predicted octanol–water partition coefficient (Wildman–Crippen LogP) is 4.81. The van der Waals surface area contributed by atoms with Crippen LogP contribution in [0.15, 0.2) is 24.3 Å². The minimum Gasteiger partial charge on any atom is -0.497 e. The number of benzene rings is 2. The van der Waals surface area contributed by atoms with E-state index in [1.54, 1.807) is 25.1 Å². The number of rotatable bonds is 8. The molecule has 0 bridgehead atoms. The van der Waals surface area contributed by atoms with Crippen LogP contribution in [-0.4, -0.2) is 39.7 Å². The highest BCUT2D eigenvalue weighted by atomic mass is 35.5. The molecule has 0 amide bonds. The fourth-order valence-electron chi connectivity index (χ4n) is 3.13. The van der Waals surface area contributed by atoms with Gasteiger partial charge in [-0.05, 0) is 31.9 Å². The number of esters is 1. The highest BCUT2D eigenvalue weighted by Crippen LogP contribution is 2.47. The van der Waals surface area contributed by atoms with E-state index < -0.39 is 12.3 Å². The second-order valence-electron chi connectivity index (χ2n) is 6.73. The molecule has 1 aliphatic rings. The first kappa shape index (κ1) is 22.8. The Labute approximate surface area is 186 Å². The van der Waals surface area contributed by atoms with Crippen molar-refractivity contribution >= 4 is 23.3 Å². The molecular weight excluding hydrogens is 426 g/mol. The summed E-state index contributed by atoms with van der Waals surface area (Å²) < 4.78 is 33.5. The van der Waals surface area contributed by atoms with Gasteiger partial charge in [-0.1, -0.05) is 11.6 Å². The van der Waals surface area contributed by atoms with Gasteiger partial charge < -0.3 is 34.2 Å². The minimum absolute atomic E-state index is 0.0689. The zero-order valence-corrected chi connectivity index (χ0v) is 18.5. The number of carbonyl (C=O) groups is 1. The van der Waals surface area contributed by atoms with Crippen LogP contribution in [-0.2, 0) is 9.47 Å². The second kappa shape index (κ2) is 10.5. The summed E-state index contributed by atoms with van der Waals surface area (Å²) in [5.74, 6) is 0.751. The second-order valence-corrected chi connectivity index (χ2v) is 7.14. The molecule has 9 heteroatoms. The van der Waals surface area contributed by atoms with E-state index in [0.29, 0.717) is 36.2 Å². The van der Waals surface area contributed by atoms with E-state index in [4.69, 9.17) is 45.8 Å². The molecule has 1 heterocycles. The standard InChI is InChI=1S/C22H26ClNO7/c1-4-28-17-12-14(22(25)27-3)20(31-18-7-5-6-10-29-18)19(24)21(17)30-16-11-13(26-2)8-9-15(16)23/h8-9,11-12,18H,4-7,10,24H2,1-3H3. The zero-order valence-electron chi connectivity index (χ0n) is 17.7. The van der Waals surface area contributed by atoms with E-state index in [1.165, 1.54) is 20.3 Å². The topological polar surface area (TPSA) is 98.5 Å². The van der Waals surface area contributed by atoms with Gasteiger partial charge in [0.15, 0.2) is 23.5 Å². The Morgan fingerprint density at radius 2 is 2.00 bits per heavy atom. The summed E-state index contributed by atoms with van der Waals surface area (Å²) in [7, 11) is 2.81. The van der Waals surface area contributed by atoms with Gasteiger partial charge in [-0.2, -0.15) is 0 Å². The van der Waals surface area contributed by atoms with Crippen LogP contribution in [0.4, 0.5) is 5.69 Å². The number of carbonyl (C=O) groups excluding carboxylic acids is 1. The summed E-state index contributed by atoms with van der Waals surface area (Å²) in [6, 6.07) is 6.45. The number of methoxy groups -OCH3 is 2. The molecule has 0 spiro atoms. The van der Waals surface area contributed by atoms with Crippen LogP contribution >= 0.6 is 11.6 Å². The Morgan fingerprint density at radius 3 is 2.65 bits per heavy atom. The number of ether oxygens (including phenoxy) is 6. The number of halogens is 1. The van der Waals surface area contributed by atoms with Crippen molar-refractivity contribution in [1.29, 1.82) is 0 Å². The highest BCUT2D eigenvalue weighted by Gasteiger charge is 2.28. The fraction of sp³-hybridized carbons (Fsp3) is 0.409. The van der Waals surface area contributed by atoms with Crippen molar-refractivity contribution in [3.63, 3.8) is 0 Å². The lowest BCUT2D eigenvalue weighted by atomic mass is 10.1. The average molecular weight is 452 g/mol. The normalized spacial score (nSPS) is 15.8. The van der Waals surface area contributed by atoms with Crippen molar-refractivity contribution in [1.82, 2.24) is 0 Å². The van der Waals surface area contributed by atoms with Crippen LogP contribution in [0.2, 0.25) is 5.02 Å². The van der Waals surface area contributed by atoms with Crippen LogP contribution in [0.5, 0.6) is 28.7 Å². The molecule has 1 saturated heterocycles. The van der Waals surface area contributed by atoms with Gasteiger partial charge in [-0.25, -0.2) is 4.79 Å². The molecule has 1 atom stereocenters. The minimum atomic E-state index is -0.621. The van der Waals surface area contributed by atoms with Gasteiger partial charge >= 0.3 is 5.97 Å². The molecule has 2 aromatic carbocycles. The molecule has 1 aliphatic heterocycles. The fourth-order valence-corrected chi connectivity index (χ4v) is 3.29. The van der Waals surface area contributed by atoms with Crippen LogP contribution in [0.3, 0.4) is 0 Å². The first-order chi connectivity index (χ1) is 15.0. The molecule has 2 N–H and O–H groups in total. The van der Waals surface area contributed by atoms with Gasteiger partial charge in [0.05, 0.1) is 32.5 Å². The molecule has 1 unspecified atom stereocenters. The van der Waals surface area contributed by atoms with Crippen molar-refractivity contribution in [3.05, 3.63) is 34.9 Å². The van der Waals surface area contributed by atoms with Gasteiger partial charge in [0.1, 0.15) is 22.7 Å². The highest BCUT2D eigenvalue weighted by molar-refractivity contribution is 6.32. The third-order valence-electron chi connectivity index (χ3n) is 4.68. The van der Waals surface area contributed by atoms with Gasteiger partial charge in [-0.3, -0.25) is 0 Å². The summed E-state index contributed by atoms with van der Waals surface area (Å²) >= 11 is 6.30. The molecule has 2 aromatic rings. The Bertz CT molecular complexity index is 929. The van der Waals surface area contributed by atoms with Crippen LogP contribution < -0.4 is 24.7 Å². The molecule has 31 heavy (non-hydrogen) atoms. The van der Waals surface area contributed by atoms with E-state index in [-0.39, 0.29) is 28.5 Å². The van der Waals surface area contributed by atoms with E-state index in [9.17, 15) is 4.79 Å². The Balaban J connectivity index is 2.09. The number of hydrogen-bond donors (Lipinski definition) is 1. The van der Waals surface area contributed by atoms with Crippen molar-refractivity contribution < 1.29 is 33.2 Å². The lowest BCUT2D eigenvalue weighted by molar-refractivity contribution is -0.105. The Morgan fingerprint density at radius 1 is 1.19 bits per heavy atom. The molecule has 1 fully saturated rings. The van der Waals surface area contributed by atoms with E-state index in [2.05, 4.69) is 0 Å². The molecule has 0 aliphatic carbocycles. The van der Waals surface area contributed by atoms with Crippen molar-refractivity contribution in [2.24, 2.45) is 0 Å². The van der Waals surface area contributed by atoms with Gasteiger partial charge in [0.25, 0.3) is 0 Å². The number of nitrogens with two attached hydrogens (primary N) is 1. The Kier molecular flexibility index (Phi) is 7.70. The summed E-state index contributed by atoms with van der Waals surface area (Å²) in [5.41, 5.74) is 6.61. The van der Waals surface area contributed by atoms with Gasteiger partial charge in [0.2, 0.25) is 0 Å². The van der Waals surface area contributed by atoms with Crippen LogP contribution in [0, 0.1) is 0 Å². The molecule has 168 valence electrons. The molecule has 0 saturated carbocycles. The molecule has 3 rings (SSSR count). The molecule has 0 aromatic heterocycles. The molecule has 8 nitrogen and oxygen atoms in total. The summed E-state index contributed by atoms with van der Waals surface area (Å²) in [5, 5.41) is 0.345. The lowest BCUT2D eigenvalue weighted by Gasteiger charge is -2.26. The SMILES string of the molecule is CCOc1cc(C(=O)OC)c(OC2CCCCO2)c(N)c1Oc1cc(OC)ccc1Cl. The van der Waals surface area contributed by atoms with E-state index in [1.807, 2.05) is 0 Å². The predicted molar refractivity (Wildman–Crippen MR) is 116 cm³/mol. The van der Waals surface area contributed by atoms with Crippen molar-refractivity contribution in [2.75, 3.05) is 33.2 Å². The average Bonchev–Trinajstić information content (AvgIpc) is 2.79. The first-order valence-corrected chi connectivity index (χ1v) is 10.3. The van der Waals surface area contributed by atoms with Crippen LogP contribution in [0.1, 0.15) is 36.5 Å². The maximum absolute atomic E-state index is 12.5. The quantitative estimate of drug-likeness (QED) is 0.450. The summed E-state index contributed by atoms with van der Waals surface area (Å²) in [4.78, 5) is 12.5. The maximum atomic E-state index is 12.5. The molecular formula is C22H26ClNO7. The number of nitrogen functional groups attached to an aromatic ring is 1. The van der Waals surface area contributed by atoms with Gasteiger partial charge in [0, 0.05) is 18.6 Å². The lowest BCUT2D eigenvalue weighted by Crippen LogP contribution is -2.26. The van der Waals surface area contributed by atoms with E-state index >= 15 is 0 Å². The summed E-state index contributed by atoms with van der Waals surface area (Å²) in [6.45, 7) is 2.68. The third kappa shape index (κ3) is 5.26. The van der Waals surface area contributed by atoms with Crippen molar-refractivity contribution in [3.8, 4) is 28.7 Å². The maximum Gasteiger partial charge on any atom is 0.341 e. The first-order valence-electron chi connectivity index (χ1n) is 9.95. The number of hydrogen-bond acceptors (Lipinski definition) is 8. The van der Waals surface area contributed by atoms with E-state index in [0.717, 1.165) is 12.8 Å². The zero-order chi connectivity index (χ0) is 22.4. The number of anilines is 1. The monoisotopic (exact) mass is 451 g/mol. The van der Waals surface area contributed by atoms with Crippen molar-refractivity contribution in [2.45, 2.75) is 32.5 Å². The summed E-state index contributed by atoms with van der Waals surface area (Å²) in [6.07, 6.45) is 2.03. The Hall–Kier alpha value is -2.84. The largest absolute Gasteiger partial charge is 0.497 e. The van der Waals surface area contributed by atoms with Gasteiger partial charge in [-0.15, -0.1) is 0 Å². The smallest absolute Gasteiger partial charge is 0.341 e. The van der Waals surface area contributed by atoms with Crippen LogP contribution in [0.25, 0.3) is 0 Å². The third-order valence-corrected chi connectivity index (χ3v) is 4.99.